The molecule has 1 amide bonds. The van der Waals surface area contributed by atoms with Crippen molar-refractivity contribution in [1.29, 1.82) is 0 Å². The van der Waals surface area contributed by atoms with E-state index in [0.29, 0.717) is 11.8 Å². The molecule has 1 saturated heterocycles. The van der Waals surface area contributed by atoms with Crippen LogP contribution in [0.1, 0.15) is 23.2 Å². The summed E-state index contributed by atoms with van der Waals surface area (Å²) in [5.41, 5.74) is 5.43. The second-order valence-electron chi connectivity index (χ2n) is 4.20. The molecule has 0 aliphatic carbocycles. The third kappa shape index (κ3) is 2.93. The van der Waals surface area contributed by atoms with E-state index in [9.17, 15) is 13.6 Å². The molecule has 1 aromatic rings. The average molecular weight is 272 g/mol. The third-order valence-corrected chi connectivity index (χ3v) is 4.25. The molecule has 6 heteroatoms. The maximum atomic E-state index is 13.0. The maximum absolute atomic E-state index is 13.0. The molecule has 0 radical (unpaired) electrons. The predicted octanol–water partition coefficient (Wildman–Crippen LogP) is 2.17. The van der Waals surface area contributed by atoms with Gasteiger partial charge in [0.1, 0.15) is 0 Å². The second kappa shape index (κ2) is 5.56. The molecule has 2 rings (SSSR count). The number of carbonyl (C=O) groups is 1. The number of hydrogen-bond acceptors (Lipinski definition) is 3. The van der Waals surface area contributed by atoms with Crippen LogP contribution >= 0.6 is 11.8 Å². The summed E-state index contributed by atoms with van der Waals surface area (Å²) in [6, 6.07) is 1.66. The first kappa shape index (κ1) is 13.1. The highest BCUT2D eigenvalue weighted by molar-refractivity contribution is 8.00. The zero-order valence-electron chi connectivity index (χ0n) is 9.71. The summed E-state index contributed by atoms with van der Waals surface area (Å²) < 4.78 is 25.9. The van der Waals surface area contributed by atoms with E-state index in [0.717, 1.165) is 30.7 Å². The largest absolute Gasteiger partial charge is 0.398 e. The van der Waals surface area contributed by atoms with Crippen molar-refractivity contribution in [2.75, 3.05) is 18.0 Å². The monoisotopic (exact) mass is 272 g/mol. The Balaban J connectivity index is 2.01. The zero-order valence-corrected chi connectivity index (χ0v) is 10.5. The Hall–Kier alpha value is -1.30. The molecule has 1 atom stereocenters. The molecule has 0 saturated carbocycles. The molecule has 0 bridgehead atoms. The van der Waals surface area contributed by atoms with Crippen LogP contribution in [0.15, 0.2) is 12.1 Å². The van der Waals surface area contributed by atoms with Crippen LogP contribution in [0.4, 0.5) is 14.5 Å². The van der Waals surface area contributed by atoms with Crippen LogP contribution in [0, 0.1) is 11.6 Å². The third-order valence-electron chi connectivity index (χ3n) is 2.85. The van der Waals surface area contributed by atoms with Crippen molar-refractivity contribution in [3.8, 4) is 0 Å². The van der Waals surface area contributed by atoms with Gasteiger partial charge in [-0.15, -0.1) is 0 Å². The summed E-state index contributed by atoms with van der Waals surface area (Å²) in [7, 11) is 0. The van der Waals surface area contributed by atoms with E-state index in [1.165, 1.54) is 0 Å². The van der Waals surface area contributed by atoms with Crippen molar-refractivity contribution >= 4 is 23.4 Å². The summed E-state index contributed by atoms with van der Waals surface area (Å²) in [6.07, 6.45) is 2.22. The fourth-order valence-corrected chi connectivity index (χ4v) is 3.07. The molecule has 1 aliphatic heterocycles. The Bertz CT molecular complexity index is 462. The maximum Gasteiger partial charge on any atom is 0.253 e. The summed E-state index contributed by atoms with van der Waals surface area (Å²) in [5, 5.41) is 3.10. The minimum atomic E-state index is -1.07. The first-order valence-electron chi connectivity index (χ1n) is 5.72. The number of carbonyl (C=O) groups excluding carboxylic acids is 1. The molecular formula is C12H14F2N2OS. The van der Waals surface area contributed by atoms with Crippen molar-refractivity contribution in [2.24, 2.45) is 0 Å². The van der Waals surface area contributed by atoms with Crippen molar-refractivity contribution in [3.05, 3.63) is 29.3 Å². The summed E-state index contributed by atoms with van der Waals surface area (Å²) in [5.74, 6) is -1.47. The average Bonchev–Trinajstić information content (AvgIpc) is 2.84. The van der Waals surface area contributed by atoms with E-state index in [4.69, 9.17) is 5.73 Å². The van der Waals surface area contributed by atoms with Gasteiger partial charge in [-0.05, 0) is 24.7 Å². The number of anilines is 1. The fourth-order valence-electron chi connectivity index (χ4n) is 1.87. The number of thioether (sulfide) groups is 1. The zero-order chi connectivity index (χ0) is 13.1. The van der Waals surface area contributed by atoms with Crippen molar-refractivity contribution in [2.45, 2.75) is 18.1 Å². The number of benzene rings is 1. The van der Waals surface area contributed by atoms with E-state index < -0.39 is 17.5 Å². The normalized spacial score (nSPS) is 18.9. The molecular weight excluding hydrogens is 258 g/mol. The molecule has 1 aromatic carbocycles. The number of hydrogen-bond donors (Lipinski definition) is 2. The van der Waals surface area contributed by atoms with Gasteiger partial charge in [0.25, 0.3) is 5.91 Å². The van der Waals surface area contributed by atoms with Crippen molar-refractivity contribution < 1.29 is 13.6 Å². The number of nitrogens with two attached hydrogens (primary N) is 1. The highest BCUT2D eigenvalue weighted by Crippen LogP contribution is 2.25. The number of halogens is 2. The fraction of sp³-hybridized carbons (Fsp3) is 0.417. The van der Waals surface area contributed by atoms with E-state index in [-0.39, 0.29) is 11.3 Å². The Morgan fingerprint density at radius 1 is 1.44 bits per heavy atom. The molecule has 1 heterocycles. The quantitative estimate of drug-likeness (QED) is 0.829. The lowest BCUT2D eigenvalue weighted by atomic mass is 10.1. The molecule has 1 fully saturated rings. The minimum Gasteiger partial charge on any atom is -0.398 e. The Morgan fingerprint density at radius 2 is 2.17 bits per heavy atom. The second-order valence-corrected chi connectivity index (χ2v) is 5.61. The Kier molecular flexibility index (Phi) is 4.06. The van der Waals surface area contributed by atoms with E-state index >= 15 is 0 Å². The van der Waals surface area contributed by atoms with Gasteiger partial charge in [-0.25, -0.2) is 8.78 Å². The molecule has 0 aromatic heterocycles. The number of nitrogens with one attached hydrogen (secondary N) is 1. The number of nitrogen functional groups attached to an aromatic ring is 1. The smallest absolute Gasteiger partial charge is 0.253 e. The van der Waals surface area contributed by atoms with Gasteiger partial charge in [0.05, 0.1) is 5.56 Å². The number of amides is 1. The highest BCUT2D eigenvalue weighted by Gasteiger charge is 2.18. The first-order valence-corrected chi connectivity index (χ1v) is 6.77. The minimum absolute atomic E-state index is 0.0168. The lowest BCUT2D eigenvalue weighted by Gasteiger charge is -2.11. The first-order chi connectivity index (χ1) is 8.58. The molecule has 18 heavy (non-hydrogen) atoms. The van der Waals surface area contributed by atoms with Crippen LogP contribution in [0.5, 0.6) is 0 Å². The van der Waals surface area contributed by atoms with Crippen LogP contribution in [-0.2, 0) is 0 Å². The summed E-state index contributed by atoms with van der Waals surface area (Å²) in [4.78, 5) is 11.8. The van der Waals surface area contributed by atoms with E-state index in [1.807, 2.05) is 11.8 Å². The van der Waals surface area contributed by atoms with Crippen LogP contribution < -0.4 is 11.1 Å². The SMILES string of the molecule is Nc1cc(F)c(F)cc1C(=O)NCC1CCCS1. The Labute approximate surface area is 108 Å². The summed E-state index contributed by atoms with van der Waals surface area (Å²) in [6.45, 7) is 0.530. The van der Waals surface area contributed by atoms with Crippen molar-refractivity contribution in [3.63, 3.8) is 0 Å². The van der Waals surface area contributed by atoms with Crippen molar-refractivity contribution in [1.82, 2.24) is 5.32 Å². The highest BCUT2D eigenvalue weighted by atomic mass is 32.2. The van der Waals surface area contributed by atoms with Crippen LogP contribution in [-0.4, -0.2) is 23.5 Å². The van der Waals surface area contributed by atoms with E-state index in [1.54, 1.807) is 0 Å². The van der Waals surface area contributed by atoms with Gasteiger partial charge in [0.15, 0.2) is 11.6 Å². The standard InChI is InChI=1S/C12H14F2N2OS/c13-9-4-8(11(15)5-10(9)14)12(17)16-6-7-2-1-3-18-7/h4-5,7H,1-3,6,15H2,(H,16,17). The van der Waals surface area contributed by atoms with Gasteiger partial charge in [-0.3, -0.25) is 4.79 Å². The Morgan fingerprint density at radius 3 is 2.83 bits per heavy atom. The molecule has 3 nitrogen and oxygen atoms in total. The topological polar surface area (TPSA) is 55.1 Å². The van der Waals surface area contributed by atoms with Gasteiger partial charge < -0.3 is 11.1 Å². The van der Waals surface area contributed by atoms with Gasteiger partial charge >= 0.3 is 0 Å². The lowest BCUT2D eigenvalue weighted by Crippen LogP contribution is -2.30. The lowest BCUT2D eigenvalue weighted by molar-refractivity contribution is 0.0954. The number of rotatable bonds is 3. The molecule has 98 valence electrons. The van der Waals surface area contributed by atoms with Gasteiger partial charge in [0, 0.05) is 23.5 Å². The van der Waals surface area contributed by atoms with Gasteiger partial charge in [-0.2, -0.15) is 11.8 Å². The van der Waals surface area contributed by atoms with Gasteiger partial charge in [0.2, 0.25) is 0 Å². The molecule has 0 spiro atoms. The predicted molar refractivity (Wildman–Crippen MR) is 68.6 cm³/mol. The van der Waals surface area contributed by atoms with E-state index in [2.05, 4.69) is 5.32 Å². The van der Waals surface area contributed by atoms with Crippen LogP contribution in [0.2, 0.25) is 0 Å². The summed E-state index contributed by atoms with van der Waals surface area (Å²) >= 11 is 1.81. The van der Waals surface area contributed by atoms with Gasteiger partial charge in [-0.1, -0.05) is 0 Å². The molecule has 1 aliphatic rings. The molecule has 3 N–H and O–H groups in total. The van der Waals surface area contributed by atoms with Crippen LogP contribution in [0.25, 0.3) is 0 Å². The molecule has 1 unspecified atom stereocenters. The van der Waals surface area contributed by atoms with Crippen LogP contribution in [0.3, 0.4) is 0 Å².